The molecule has 0 unspecified atom stereocenters. The average Bonchev–Trinajstić information content (AvgIpc) is 2.41. The van der Waals surface area contributed by atoms with E-state index in [1.165, 1.54) is 5.56 Å². The highest BCUT2D eigenvalue weighted by Gasteiger charge is 2.15. The smallest absolute Gasteiger partial charge is 0.251 e. The Morgan fingerprint density at radius 2 is 1.94 bits per heavy atom. The molecule has 0 spiro atoms. The first kappa shape index (κ1) is 13.1. The third kappa shape index (κ3) is 3.57. The first-order valence-corrected chi connectivity index (χ1v) is 6.90. The monoisotopic (exact) mass is 246 g/mol. The van der Waals surface area contributed by atoms with Gasteiger partial charge in [0.25, 0.3) is 5.91 Å². The molecule has 0 atom stereocenters. The fourth-order valence-electron chi connectivity index (χ4n) is 2.35. The maximum Gasteiger partial charge on any atom is 0.251 e. The Bertz CT molecular complexity index is 380. The molecule has 2 N–H and O–H groups in total. The van der Waals surface area contributed by atoms with Gasteiger partial charge in [-0.25, -0.2) is 0 Å². The highest BCUT2D eigenvalue weighted by atomic mass is 16.1. The van der Waals surface area contributed by atoms with Crippen molar-refractivity contribution < 1.29 is 4.79 Å². The normalized spacial score (nSPS) is 16.5. The van der Waals surface area contributed by atoms with Crippen LogP contribution in [0.1, 0.15) is 42.1 Å². The zero-order valence-electron chi connectivity index (χ0n) is 11.0. The summed E-state index contributed by atoms with van der Waals surface area (Å²) in [4.78, 5) is 12.1. The van der Waals surface area contributed by atoms with E-state index in [0.29, 0.717) is 6.04 Å². The lowest BCUT2D eigenvalue weighted by atomic mass is 10.0. The van der Waals surface area contributed by atoms with E-state index in [4.69, 9.17) is 0 Å². The third-order valence-corrected chi connectivity index (χ3v) is 3.43. The molecule has 3 heteroatoms. The lowest BCUT2D eigenvalue weighted by molar-refractivity contribution is 0.0929. The molecule has 1 aromatic carbocycles. The van der Waals surface area contributed by atoms with Crippen LogP contribution in [0, 0.1) is 0 Å². The number of carbonyl (C=O) groups is 1. The van der Waals surface area contributed by atoms with Crippen LogP contribution in [-0.2, 0) is 6.42 Å². The van der Waals surface area contributed by atoms with Crippen LogP contribution < -0.4 is 10.6 Å². The fraction of sp³-hybridized carbons (Fsp3) is 0.533. The molecule has 0 bridgehead atoms. The molecule has 0 radical (unpaired) electrons. The largest absolute Gasteiger partial charge is 0.349 e. The molecule has 3 nitrogen and oxygen atoms in total. The van der Waals surface area contributed by atoms with Crippen LogP contribution in [0.2, 0.25) is 0 Å². The van der Waals surface area contributed by atoms with E-state index in [9.17, 15) is 4.79 Å². The fourth-order valence-corrected chi connectivity index (χ4v) is 2.35. The molecule has 1 aromatic rings. The Morgan fingerprint density at radius 1 is 1.28 bits per heavy atom. The second-order valence-corrected chi connectivity index (χ2v) is 4.94. The molecule has 18 heavy (non-hydrogen) atoms. The number of hydrogen-bond donors (Lipinski definition) is 2. The van der Waals surface area contributed by atoms with Gasteiger partial charge in [0, 0.05) is 11.6 Å². The standard InChI is InChI=1S/C15H22N2O/c1-2-3-12-4-6-13(7-5-12)15(18)17-14-8-10-16-11-9-14/h4-7,14,16H,2-3,8-11H2,1H3,(H,17,18). The number of rotatable bonds is 4. The molecule has 0 aliphatic carbocycles. The number of amides is 1. The maximum absolute atomic E-state index is 12.1. The topological polar surface area (TPSA) is 41.1 Å². The quantitative estimate of drug-likeness (QED) is 0.854. The molecule has 98 valence electrons. The van der Waals surface area contributed by atoms with Gasteiger partial charge < -0.3 is 10.6 Å². The Morgan fingerprint density at radius 3 is 2.56 bits per heavy atom. The van der Waals surface area contributed by atoms with E-state index < -0.39 is 0 Å². The van der Waals surface area contributed by atoms with E-state index in [1.807, 2.05) is 12.1 Å². The predicted molar refractivity (Wildman–Crippen MR) is 73.8 cm³/mol. The van der Waals surface area contributed by atoms with Crippen LogP contribution in [-0.4, -0.2) is 25.0 Å². The number of nitrogens with one attached hydrogen (secondary N) is 2. The molecule has 2 rings (SSSR count). The lowest BCUT2D eigenvalue weighted by Crippen LogP contribution is -2.42. The highest BCUT2D eigenvalue weighted by molar-refractivity contribution is 5.94. The average molecular weight is 246 g/mol. The number of aryl methyl sites for hydroxylation is 1. The van der Waals surface area contributed by atoms with Crippen molar-refractivity contribution in [3.8, 4) is 0 Å². The predicted octanol–water partition coefficient (Wildman–Crippen LogP) is 2.12. The van der Waals surface area contributed by atoms with Crippen LogP contribution in [0.3, 0.4) is 0 Å². The van der Waals surface area contributed by atoms with Gasteiger partial charge in [-0.15, -0.1) is 0 Å². The van der Waals surface area contributed by atoms with E-state index in [1.54, 1.807) is 0 Å². The van der Waals surface area contributed by atoms with Crippen LogP contribution in [0.5, 0.6) is 0 Å². The van der Waals surface area contributed by atoms with Crippen LogP contribution in [0.25, 0.3) is 0 Å². The second kappa shape index (κ2) is 6.55. The summed E-state index contributed by atoms with van der Waals surface area (Å²) in [5.41, 5.74) is 2.07. The van der Waals surface area contributed by atoms with Gasteiger partial charge in [0.2, 0.25) is 0 Å². The zero-order chi connectivity index (χ0) is 12.8. The minimum absolute atomic E-state index is 0.0601. The number of carbonyl (C=O) groups excluding carboxylic acids is 1. The molecule has 1 saturated heterocycles. The molecular weight excluding hydrogens is 224 g/mol. The number of piperidine rings is 1. The lowest BCUT2D eigenvalue weighted by Gasteiger charge is -2.23. The van der Waals surface area contributed by atoms with Gasteiger partial charge in [0.1, 0.15) is 0 Å². The molecule has 0 aromatic heterocycles. The molecule has 0 saturated carbocycles. The van der Waals surface area contributed by atoms with Crippen molar-refractivity contribution in [3.63, 3.8) is 0 Å². The van der Waals surface area contributed by atoms with Gasteiger partial charge in [0.15, 0.2) is 0 Å². The van der Waals surface area contributed by atoms with Crippen molar-refractivity contribution in [2.75, 3.05) is 13.1 Å². The van der Waals surface area contributed by atoms with Gasteiger partial charge in [-0.2, -0.15) is 0 Å². The van der Waals surface area contributed by atoms with Gasteiger partial charge in [-0.1, -0.05) is 25.5 Å². The molecular formula is C15H22N2O. The number of hydrogen-bond acceptors (Lipinski definition) is 2. The second-order valence-electron chi connectivity index (χ2n) is 4.94. The van der Waals surface area contributed by atoms with E-state index in [2.05, 4.69) is 29.7 Å². The third-order valence-electron chi connectivity index (χ3n) is 3.43. The van der Waals surface area contributed by atoms with E-state index in [0.717, 1.165) is 44.3 Å². The number of benzene rings is 1. The minimum atomic E-state index is 0.0601. The molecule has 1 aliphatic rings. The van der Waals surface area contributed by atoms with Crippen LogP contribution >= 0.6 is 0 Å². The van der Waals surface area contributed by atoms with Crippen molar-refractivity contribution >= 4 is 5.91 Å². The highest BCUT2D eigenvalue weighted by Crippen LogP contribution is 2.08. The summed E-state index contributed by atoms with van der Waals surface area (Å²) in [7, 11) is 0. The van der Waals surface area contributed by atoms with Gasteiger partial charge in [0.05, 0.1) is 0 Å². The maximum atomic E-state index is 12.1. The molecule has 1 heterocycles. The summed E-state index contributed by atoms with van der Waals surface area (Å²) in [5, 5.41) is 6.41. The van der Waals surface area contributed by atoms with Crippen molar-refractivity contribution in [2.24, 2.45) is 0 Å². The Balaban J connectivity index is 1.91. The van der Waals surface area contributed by atoms with Crippen LogP contribution in [0.4, 0.5) is 0 Å². The Hall–Kier alpha value is -1.35. The Labute approximate surface area is 109 Å². The summed E-state index contributed by atoms with van der Waals surface area (Å²) in [6.45, 7) is 4.17. The summed E-state index contributed by atoms with van der Waals surface area (Å²) in [6.07, 6.45) is 4.27. The van der Waals surface area contributed by atoms with Gasteiger partial charge >= 0.3 is 0 Å². The Kier molecular flexibility index (Phi) is 4.76. The summed E-state index contributed by atoms with van der Waals surface area (Å²) >= 11 is 0. The summed E-state index contributed by atoms with van der Waals surface area (Å²) < 4.78 is 0. The minimum Gasteiger partial charge on any atom is -0.349 e. The van der Waals surface area contributed by atoms with E-state index >= 15 is 0 Å². The van der Waals surface area contributed by atoms with Gasteiger partial charge in [-0.05, 0) is 50.0 Å². The summed E-state index contributed by atoms with van der Waals surface area (Å²) in [5.74, 6) is 0.0601. The zero-order valence-corrected chi connectivity index (χ0v) is 11.0. The van der Waals surface area contributed by atoms with Crippen molar-refractivity contribution in [2.45, 2.75) is 38.6 Å². The van der Waals surface area contributed by atoms with E-state index in [-0.39, 0.29) is 5.91 Å². The SMILES string of the molecule is CCCc1ccc(C(=O)NC2CCNCC2)cc1. The van der Waals surface area contributed by atoms with Crippen molar-refractivity contribution in [1.82, 2.24) is 10.6 Å². The van der Waals surface area contributed by atoms with Crippen LogP contribution in [0.15, 0.2) is 24.3 Å². The molecule has 1 aliphatic heterocycles. The molecule has 1 amide bonds. The van der Waals surface area contributed by atoms with Gasteiger partial charge in [-0.3, -0.25) is 4.79 Å². The first-order chi connectivity index (χ1) is 8.79. The molecule has 1 fully saturated rings. The van der Waals surface area contributed by atoms with Crippen molar-refractivity contribution in [3.05, 3.63) is 35.4 Å². The summed E-state index contributed by atoms with van der Waals surface area (Å²) in [6, 6.07) is 8.30. The van der Waals surface area contributed by atoms with Crippen molar-refractivity contribution in [1.29, 1.82) is 0 Å². The first-order valence-electron chi connectivity index (χ1n) is 6.90.